The second-order valence-corrected chi connectivity index (χ2v) is 7.16. The number of rotatable bonds is 2. The first-order chi connectivity index (χ1) is 9.46. The van der Waals surface area contributed by atoms with Gasteiger partial charge in [-0.25, -0.2) is 4.39 Å². The molecule has 1 saturated carbocycles. The lowest BCUT2D eigenvalue weighted by molar-refractivity contribution is -0.248. The lowest BCUT2D eigenvalue weighted by Gasteiger charge is -2.43. The fraction of sp³-hybridized carbons (Fsp3) is 0.929. The summed E-state index contributed by atoms with van der Waals surface area (Å²) in [6.45, 7) is 5.30. The quantitative estimate of drug-likeness (QED) is 0.795. The maximum atomic E-state index is 14.0. The van der Waals surface area contributed by atoms with E-state index in [2.05, 4.69) is 5.32 Å². The molecular weight excluding hydrogens is 288 g/mol. The van der Waals surface area contributed by atoms with Gasteiger partial charge in [0.25, 0.3) is 0 Å². The Morgan fingerprint density at radius 1 is 1.19 bits per heavy atom. The molecule has 0 radical (unpaired) electrons. The molecule has 0 spiro atoms. The van der Waals surface area contributed by atoms with Crippen LogP contribution in [0.5, 0.6) is 0 Å². The van der Waals surface area contributed by atoms with Crippen molar-refractivity contribution in [1.29, 1.82) is 0 Å². The minimum Gasteiger partial charge on any atom is -0.337 e. The Morgan fingerprint density at radius 2 is 1.76 bits per heavy atom. The number of carbonyl (C=O) groups is 1. The number of amides is 1. The van der Waals surface area contributed by atoms with Gasteiger partial charge in [-0.2, -0.15) is 13.2 Å². The second kappa shape index (κ2) is 5.11. The highest BCUT2D eigenvalue weighted by Crippen LogP contribution is 2.54. The van der Waals surface area contributed by atoms with Crippen LogP contribution in [0.25, 0.3) is 0 Å². The average Bonchev–Trinajstić information content (AvgIpc) is 2.53. The number of halogens is 4. The average molecular weight is 310 g/mol. The van der Waals surface area contributed by atoms with E-state index in [1.165, 1.54) is 0 Å². The van der Waals surface area contributed by atoms with Crippen molar-refractivity contribution in [2.45, 2.75) is 64.0 Å². The maximum Gasteiger partial charge on any atom is 0.403 e. The zero-order valence-corrected chi connectivity index (χ0v) is 12.6. The molecule has 122 valence electrons. The van der Waals surface area contributed by atoms with E-state index in [1.807, 2.05) is 20.8 Å². The van der Waals surface area contributed by atoms with Crippen molar-refractivity contribution in [3.63, 3.8) is 0 Å². The molecule has 2 atom stereocenters. The molecule has 0 aromatic carbocycles. The predicted molar refractivity (Wildman–Crippen MR) is 70.5 cm³/mol. The summed E-state index contributed by atoms with van der Waals surface area (Å²) in [5.74, 6) is -0.956. The number of alkyl halides is 4. The summed E-state index contributed by atoms with van der Waals surface area (Å²) in [7, 11) is 0. The van der Waals surface area contributed by atoms with Crippen LogP contribution in [-0.4, -0.2) is 47.8 Å². The minimum atomic E-state index is -4.55. The van der Waals surface area contributed by atoms with Crippen LogP contribution in [0, 0.1) is 5.41 Å². The first-order valence-electron chi connectivity index (χ1n) is 7.24. The van der Waals surface area contributed by atoms with Gasteiger partial charge in [0.15, 0.2) is 0 Å². The van der Waals surface area contributed by atoms with Crippen molar-refractivity contribution in [3.05, 3.63) is 0 Å². The molecule has 1 aliphatic carbocycles. The first-order valence-corrected chi connectivity index (χ1v) is 7.24. The molecule has 1 aliphatic heterocycles. The molecule has 21 heavy (non-hydrogen) atoms. The number of carbonyl (C=O) groups excluding carboxylic acids is 1. The number of nitrogens with zero attached hydrogens (tertiary/aromatic N) is 1. The molecule has 0 bridgehead atoms. The fourth-order valence-corrected chi connectivity index (χ4v) is 3.07. The van der Waals surface area contributed by atoms with Crippen molar-refractivity contribution in [2.24, 2.45) is 5.41 Å². The van der Waals surface area contributed by atoms with Crippen LogP contribution < -0.4 is 5.32 Å². The maximum absolute atomic E-state index is 14.0. The fourth-order valence-electron chi connectivity index (χ4n) is 3.07. The summed E-state index contributed by atoms with van der Waals surface area (Å²) in [6.07, 6.45) is -5.86. The molecular formula is C14H22F4N2O. The number of hydrogen-bond donors (Lipinski definition) is 1. The van der Waals surface area contributed by atoms with E-state index >= 15 is 0 Å². The van der Waals surface area contributed by atoms with E-state index in [1.54, 1.807) is 0 Å². The Morgan fingerprint density at radius 3 is 2.14 bits per heavy atom. The van der Waals surface area contributed by atoms with Crippen molar-refractivity contribution in [1.82, 2.24) is 10.2 Å². The summed E-state index contributed by atoms with van der Waals surface area (Å²) in [4.78, 5) is 13.3. The highest BCUT2D eigenvalue weighted by Gasteiger charge is 2.65. The zero-order chi connectivity index (χ0) is 16.1. The van der Waals surface area contributed by atoms with Gasteiger partial charge < -0.3 is 10.2 Å². The van der Waals surface area contributed by atoms with E-state index in [4.69, 9.17) is 0 Å². The smallest absolute Gasteiger partial charge is 0.337 e. The third-order valence-electron chi connectivity index (χ3n) is 4.31. The van der Waals surface area contributed by atoms with E-state index in [-0.39, 0.29) is 31.5 Å². The summed E-state index contributed by atoms with van der Waals surface area (Å²) in [5, 5.41) is 3.03. The molecule has 0 aromatic heterocycles. The molecule has 0 aromatic rings. The Bertz CT molecular complexity index is 412. The van der Waals surface area contributed by atoms with Crippen LogP contribution in [0.3, 0.4) is 0 Å². The third kappa shape index (κ3) is 3.03. The van der Waals surface area contributed by atoms with Gasteiger partial charge >= 0.3 is 6.18 Å². The van der Waals surface area contributed by atoms with E-state index < -0.39 is 29.7 Å². The van der Waals surface area contributed by atoms with Gasteiger partial charge in [-0.15, -0.1) is 0 Å². The summed E-state index contributed by atoms with van der Waals surface area (Å²) >= 11 is 0. The van der Waals surface area contributed by atoms with Crippen LogP contribution in [0.4, 0.5) is 17.6 Å². The van der Waals surface area contributed by atoms with Gasteiger partial charge in [0, 0.05) is 12.1 Å². The van der Waals surface area contributed by atoms with Gasteiger partial charge in [0.05, 0.1) is 12.6 Å². The normalized spacial score (nSPS) is 29.4. The Balaban J connectivity index is 2.08. The van der Waals surface area contributed by atoms with Crippen molar-refractivity contribution in [2.75, 3.05) is 13.1 Å². The van der Waals surface area contributed by atoms with Crippen molar-refractivity contribution >= 4 is 5.91 Å². The topological polar surface area (TPSA) is 32.3 Å². The molecule has 1 amide bonds. The molecule has 1 N–H and O–H groups in total. The van der Waals surface area contributed by atoms with Gasteiger partial charge in [0.2, 0.25) is 5.91 Å². The molecule has 1 unspecified atom stereocenters. The number of hydrogen-bond acceptors (Lipinski definition) is 2. The Hall–Kier alpha value is -0.850. The second-order valence-electron chi connectivity index (χ2n) is 7.16. The molecule has 2 rings (SSSR count). The molecule has 2 aliphatic rings. The summed E-state index contributed by atoms with van der Waals surface area (Å²) < 4.78 is 53.5. The van der Waals surface area contributed by atoms with Gasteiger partial charge in [-0.05, 0) is 33.6 Å². The van der Waals surface area contributed by atoms with E-state index in [9.17, 15) is 22.4 Å². The molecule has 3 nitrogen and oxygen atoms in total. The lowest BCUT2D eigenvalue weighted by Crippen LogP contribution is -2.56. The van der Waals surface area contributed by atoms with Crippen molar-refractivity contribution in [3.8, 4) is 0 Å². The van der Waals surface area contributed by atoms with Gasteiger partial charge in [-0.1, -0.05) is 6.42 Å². The lowest BCUT2D eigenvalue weighted by atomic mass is 9.67. The van der Waals surface area contributed by atoms with E-state index in [0.29, 0.717) is 6.42 Å². The molecule has 2 fully saturated rings. The van der Waals surface area contributed by atoms with Crippen LogP contribution >= 0.6 is 0 Å². The van der Waals surface area contributed by atoms with Crippen molar-refractivity contribution < 1.29 is 22.4 Å². The molecule has 1 heterocycles. The highest BCUT2D eigenvalue weighted by atomic mass is 19.4. The monoisotopic (exact) mass is 310 g/mol. The van der Waals surface area contributed by atoms with Gasteiger partial charge in [-0.3, -0.25) is 4.79 Å². The number of likely N-dealkylation sites (tertiary alicyclic amines) is 1. The summed E-state index contributed by atoms with van der Waals surface area (Å²) in [6, 6.07) is -0.612. The largest absolute Gasteiger partial charge is 0.403 e. The molecule has 1 saturated heterocycles. The SMILES string of the molecule is CC(C)(C)NC1CN(C(=O)C2(C(F)(F)F)CCC2)C[C@@H]1F. The van der Waals surface area contributed by atoms with Crippen LogP contribution in [0.15, 0.2) is 0 Å². The van der Waals surface area contributed by atoms with E-state index in [0.717, 1.165) is 4.90 Å². The summed E-state index contributed by atoms with van der Waals surface area (Å²) in [5.41, 5.74) is -2.63. The van der Waals surface area contributed by atoms with Crippen LogP contribution in [-0.2, 0) is 4.79 Å². The minimum absolute atomic E-state index is 0.00486. The molecule has 7 heteroatoms. The van der Waals surface area contributed by atoms with Crippen LogP contribution in [0.2, 0.25) is 0 Å². The number of nitrogens with one attached hydrogen (secondary N) is 1. The van der Waals surface area contributed by atoms with Gasteiger partial charge in [0.1, 0.15) is 11.6 Å². The standard InChI is InChI=1S/C14H22F4N2O/c1-12(2,3)19-10-8-20(7-9(10)15)11(21)13(5-4-6-13)14(16,17)18/h9-10,19H,4-8H2,1-3H3/t9-,10?/m0/s1. The third-order valence-corrected chi connectivity index (χ3v) is 4.31. The first kappa shape index (κ1) is 16.5. The Labute approximate surface area is 122 Å². The predicted octanol–water partition coefficient (Wildman–Crippen LogP) is 2.66. The zero-order valence-electron chi connectivity index (χ0n) is 12.6. The Kier molecular flexibility index (Phi) is 4.02. The highest BCUT2D eigenvalue weighted by molar-refractivity contribution is 5.85. The van der Waals surface area contributed by atoms with Crippen LogP contribution in [0.1, 0.15) is 40.0 Å².